The molecule has 1 atom stereocenters. The third-order valence-electron chi connectivity index (χ3n) is 4.53. The van der Waals surface area contributed by atoms with Gasteiger partial charge < -0.3 is 5.32 Å². The number of sulfonamides is 1. The fraction of sp³-hybridized carbons (Fsp3) is 0.364. The standard InChI is InChI=1S/C22H24F5N3O3S/c1-12(2)9-18-14(5-7-19(29-18)22(25,26)27)6-8-20(31)28-13(3)15-10-16(23)21(17(24)11-15)30-34(4,32)33/h5-8,10-13,30H,9H2,1-4H3,(H,28,31)/b8-6-. The van der Waals surface area contributed by atoms with E-state index in [9.17, 15) is 35.2 Å². The van der Waals surface area contributed by atoms with E-state index < -0.39 is 51.2 Å². The van der Waals surface area contributed by atoms with Crippen LogP contribution in [0.1, 0.15) is 49.3 Å². The van der Waals surface area contributed by atoms with Crippen LogP contribution in [-0.4, -0.2) is 25.6 Å². The molecule has 0 saturated carbocycles. The highest BCUT2D eigenvalue weighted by Gasteiger charge is 2.33. The maximum Gasteiger partial charge on any atom is 0.433 e. The Morgan fingerprint density at radius 3 is 2.21 bits per heavy atom. The van der Waals surface area contributed by atoms with Gasteiger partial charge in [0.15, 0.2) is 11.6 Å². The van der Waals surface area contributed by atoms with E-state index in [-0.39, 0.29) is 23.6 Å². The summed E-state index contributed by atoms with van der Waals surface area (Å²) in [5.41, 5.74) is -1.32. The lowest BCUT2D eigenvalue weighted by atomic mass is 10.0. The van der Waals surface area contributed by atoms with E-state index in [0.717, 1.165) is 30.5 Å². The minimum absolute atomic E-state index is 0.0157. The molecular formula is C22H24F5N3O3S. The van der Waals surface area contributed by atoms with E-state index in [0.29, 0.717) is 5.56 Å². The van der Waals surface area contributed by atoms with Crippen LogP contribution in [0.25, 0.3) is 6.08 Å². The molecule has 2 aromatic rings. The fourth-order valence-electron chi connectivity index (χ4n) is 3.01. The van der Waals surface area contributed by atoms with Crippen molar-refractivity contribution in [1.29, 1.82) is 0 Å². The number of carbonyl (C=O) groups is 1. The highest BCUT2D eigenvalue weighted by atomic mass is 32.2. The van der Waals surface area contributed by atoms with Gasteiger partial charge in [-0.25, -0.2) is 22.2 Å². The number of amides is 1. The Morgan fingerprint density at radius 1 is 1.12 bits per heavy atom. The Labute approximate surface area is 194 Å². The molecule has 0 aliphatic heterocycles. The number of rotatable bonds is 8. The van der Waals surface area contributed by atoms with Crippen LogP contribution in [0.15, 0.2) is 30.3 Å². The molecule has 0 spiro atoms. The van der Waals surface area contributed by atoms with Crippen molar-refractivity contribution in [1.82, 2.24) is 10.3 Å². The van der Waals surface area contributed by atoms with Crippen molar-refractivity contribution in [2.75, 3.05) is 11.0 Å². The molecule has 1 unspecified atom stereocenters. The smallest absolute Gasteiger partial charge is 0.346 e. The van der Waals surface area contributed by atoms with Gasteiger partial charge in [0.2, 0.25) is 15.9 Å². The minimum atomic E-state index is -4.60. The molecule has 1 aromatic heterocycles. The van der Waals surface area contributed by atoms with Gasteiger partial charge in [-0.2, -0.15) is 13.2 Å². The summed E-state index contributed by atoms with van der Waals surface area (Å²) in [5.74, 6) is -2.97. The number of alkyl halides is 3. The molecule has 0 saturated heterocycles. The van der Waals surface area contributed by atoms with Gasteiger partial charge in [-0.05, 0) is 54.7 Å². The predicted molar refractivity (Wildman–Crippen MR) is 118 cm³/mol. The summed E-state index contributed by atoms with van der Waals surface area (Å²) < 4.78 is 91.6. The van der Waals surface area contributed by atoms with Crippen LogP contribution < -0.4 is 10.0 Å². The van der Waals surface area contributed by atoms with Crippen molar-refractivity contribution < 1.29 is 35.2 Å². The quantitative estimate of drug-likeness (QED) is 0.397. The predicted octanol–water partition coefficient (Wildman–Crippen LogP) is 4.84. The van der Waals surface area contributed by atoms with E-state index >= 15 is 0 Å². The van der Waals surface area contributed by atoms with Gasteiger partial charge >= 0.3 is 6.18 Å². The number of nitrogens with one attached hydrogen (secondary N) is 2. The van der Waals surface area contributed by atoms with Gasteiger partial charge in [0.05, 0.1) is 12.3 Å². The number of carbonyl (C=O) groups excluding carboxylic acids is 1. The molecule has 1 heterocycles. The summed E-state index contributed by atoms with van der Waals surface area (Å²) in [6.45, 7) is 5.09. The van der Waals surface area contributed by atoms with Crippen LogP contribution >= 0.6 is 0 Å². The van der Waals surface area contributed by atoms with E-state index in [1.165, 1.54) is 19.1 Å². The van der Waals surface area contributed by atoms with Gasteiger partial charge in [-0.1, -0.05) is 19.9 Å². The first-order valence-electron chi connectivity index (χ1n) is 10.1. The number of anilines is 1. The SMILES string of the molecule is CC(C)Cc1nc(C(F)(F)F)ccc1/C=C\C(=O)NC(C)c1cc(F)c(NS(C)(=O)=O)c(F)c1. The Balaban J connectivity index is 2.20. The summed E-state index contributed by atoms with van der Waals surface area (Å²) in [6.07, 6.45) is -1.20. The first-order valence-corrected chi connectivity index (χ1v) is 12.0. The summed E-state index contributed by atoms with van der Waals surface area (Å²) in [6, 6.07) is 2.94. The number of hydrogen-bond acceptors (Lipinski definition) is 4. The molecule has 2 rings (SSSR count). The third kappa shape index (κ3) is 7.79. The topological polar surface area (TPSA) is 88.2 Å². The van der Waals surface area contributed by atoms with E-state index in [2.05, 4.69) is 10.3 Å². The van der Waals surface area contributed by atoms with Gasteiger partial charge in [0.25, 0.3) is 0 Å². The molecule has 0 radical (unpaired) electrons. The lowest BCUT2D eigenvalue weighted by molar-refractivity contribution is -0.141. The maximum absolute atomic E-state index is 14.2. The summed E-state index contributed by atoms with van der Waals surface area (Å²) in [5, 5.41) is 2.49. The normalized spacial score (nSPS) is 13.4. The summed E-state index contributed by atoms with van der Waals surface area (Å²) in [7, 11) is -3.91. The average Bonchev–Trinajstić information content (AvgIpc) is 2.67. The Hall–Kier alpha value is -3.02. The van der Waals surface area contributed by atoms with Crippen LogP contribution in [0.5, 0.6) is 0 Å². The van der Waals surface area contributed by atoms with Crippen molar-refractivity contribution >= 4 is 27.7 Å². The van der Waals surface area contributed by atoms with Gasteiger partial charge in [-0.3, -0.25) is 9.52 Å². The molecule has 12 heteroatoms. The number of halogens is 5. The number of aromatic nitrogens is 1. The van der Waals surface area contributed by atoms with Gasteiger partial charge in [0, 0.05) is 11.8 Å². The van der Waals surface area contributed by atoms with Crippen molar-refractivity contribution in [3.05, 3.63) is 64.5 Å². The Bertz CT molecular complexity index is 1170. The highest BCUT2D eigenvalue weighted by Crippen LogP contribution is 2.29. The van der Waals surface area contributed by atoms with Crippen LogP contribution in [0.2, 0.25) is 0 Å². The largest absolute Gasteiger partial charge is 0.433 e. The van der Waals surface area contributed by atoms with Crippen LogP contribution in [0.4, 0.5) is 27.6 Å². The van der Waals surface area contributed by atoms with Crippen molar-refractivity contribution in [3.8, 4) is 0 Å². The van der Waals surface area contributed by atoms with E-state index in [4.69, 9.17) is 0 Å². The molecule has 0 bridgehead atoms. The Kier molecular flexibility index (Phi) is 8.40. The summed E-state index contributed by atoms with van der Waals surface area (Å²) in [4.78, 5) is 16.0. The Morgan fingerprint density at radius 2 is 1.71 bits per heavy atom. The molecule has 2 N–H and O–H groups in total. The average molecular weight is 506 g/mol. The molecule has 1 aromatic carbocycles. The van der Waals surface area contributed by atoms with E-state index in [1.807, 2.05) is 13.8 Å². The number of nitrogens with zero attached hydrogens (tertiary/aromatic N) is 1. The maximum atomic E-state index is 14.2. The third-order valence-corrected chi connectivity index (χ3v) is 5.10. The molecule has 0 aliphatic carbocycles. The highest BCUT2D eigenvalue weighted by molar-refractivity contribution is 7.92. The summed E-state index contributed by atoms with van der Waals surface area (Å²) >= 11 is 0. The molecule has 6 nitrogen and oxygen atoms in total. The van der Waals surface area contributed by atoms with E-state index in [1.54, 1.807) is 4.72 Å². The zero-order valence-corrected chi connectivity index (χ0v) is 19.6. The second kappa shape index (κ2) is 10.5. The van der Waals surface area contributed by atoms with Gasteiger partial charge in [0.1, 0.15) is 11.4 Å². The fourth-order valence-corrected chi connectivity index (χ4v) is 3.57. The second-order valence-corrected chi connectivity index (χ2v) is 9.87. The number of benzene rings is 1. The molecule has 186 valence electrons. The van der Waals surface area contributed by atoms with Gasteiger partial charge in [-0.15, -0.1) is 0 Å². The van der Waals surface area contributed by atoms with Crippen LogP contribution in [0, 0.1) is 17.6 Å². The molecular weight excluding hydrogens is 481 g/mol. The van der Waals surface area contributed by atoms with Crippen molar-refractivity contribution in [2.45, 2.75) is 39.4 Å². The number of pyridine rings is 1. The number of hydrogen-bond donors (Lipinski definition) is 2. The van der Waals surface area contributed by atoms with Crippen molar-refractivity contribution in [3.63, 3.8) is 0 Å². The zero-order valence-electron chi connectivity index (χ0n) is 18.8. The first-order chi connectivity index (χ1) is 15.6. The molecule has 0 fully saturated rings. The van der Waals surface area contributed by atoms with Crippen molar-refractivity contribution in [2.24, 2.45) is 5.92 Å². The molecule has 0 aliphatic rings. The van der Waals surface area contributed by atoms with Crippen LogP contribution in [-0.2, 0) is 27.4 Å². The first kappa shape index (κ1) is 27.2. The lowest BCUT2D eigenvalue weighted by Crippen LogP contribution is -2.25. The van der Waals surface area contributed by atoms with Crippen LogP contribution in [0.3, 0.4) is 0 Å². The molecule has 1 amide bonds. The lowest BCUT2D eigenvalue weighted by Gasteiger charge is -2.15. The monoisotopic (exact) mass is 505 g/mol. The molecule has 34 heavy (non-hydrogen) atoms. The zero-order chi connectivity index (χ0) is 25.8. The minimum Gasteiger partial charge on any atom is -0.346 e. The second-order valence-electron chi connectivity index (χ2n) is 8.13.